The molecule has 1 N–H and O–H groups in total. The van der Waals surface area contributed by atoms with E-state index in [0.29, 0.717) is 11.1 Å². The maximum absolute atomic E-state index is 12.0. The molecule has 0 saturated carbocycles. The first kappa shape index (κ1) is 20.3. The van der Waals surface area contributed by atoms with E-state index in [1.54, 1.807) is 48.6 Å². The molecule has 29 heavy (non-hydrogen) atoms. The van der Waals surface area contributed by atoms with Crippen LogP contribution in [-0.4, -0.2) is 35.3 Å². The van der Waals surface area contributed by atoms with Crippen LogP contribution in [0.2, 0.25) is 0 Å². The molecule has 0 spiro atoms. The minimum Gasteiger partial charge on any atom is -0.508 e. The molecule has 148 valence electrons. The van der Waals surface area contributed by atoms with Crippen LogP contribution in [0.5, 0.6) is 5.75 Å². The number of aromatic hydroxyl groups is 1. The van der Waals surface area contributed by atoms with Gasteiger partial charge in [-0.05, 0) is 47.5 Å². The zero-order valence-electron chi connectivity index (χ0n) is 15.6. The Hall–Kier alpha value is -3.45. The predicted octanol–water partition coefficient (Wildman–Crippen LogP) is 3.41. The third kappa shape index (κ3) is 5.30. The van der Waals surface area contributed by atoms with Gasteiger partial charge in [-0.25, -0.2) is 12.4 Å². The molecule has 1 aromatic heterocycles. The second-order valence-corrected chi connectivity index (χ2v) is 8.42. The molecule has 0 saturated heterocycles. The van der Waals surface area contributed by atoms with Crippen LogP contribution in [0.3, 0.4) is 0 Å². The number of allylic oxidation sites excluding steroid dienone is 2. The van der Waals surface area contributed by atoms with Crippen LogP contribution in [0.25, 0.3) is 23.1 Å². The highest BCUT2D eigenvalue weighted by Gasteiger charge is 2.10. The molecule has 3 aromatic rings. The first-order valence-corrected chi connectivity index (χ1v) is 10.6. The maximum Gasteiger partial charge on any atom is 0.236 e. The summed E-state index contributed by atoms with van der Waals surface area (Å²) in [6, 6.07) is 13.2. The number of ketones is 2. The van der Waals surface area contributed by atoms with Gasteiger partial charge in [-0.1, -0.05) is 36.4 Å². The summed E-state index contributed by atoms with van der Waals surface area (Å²) in [5.41, 5.74) is 1.91. The van der Waals surface area contributed by atoms with E-state index in [9.17, 15) is 23.1 Å². The minimum atomic E-state index is -3.42. The number of hydrogen-bond donors (Lipinski definition) is 1. The maximum atomic E-state index is 12.0. The molecule has 0 aliphatic rings. The minimum absolute atomic E-state index is 0.135. The van der Waals surface area contributed by atoms with Crippen molar-refractivity contribution in [3.63, 3.8) is 0 Å². The quantitative estimate of drug-likeness (QED) is 0.477. The highest BCUT2D eigenvalue weighted by molar-refractivity contribution is 7.89. The lowest BCUT2D eigenvalue weighted by molar-refractivity contribution is -0.121. The van der Waals surface area contributed by atoms with E-state index in [1.807, 2.05) is 0 Å². The summed E-state index contributed by atoms with van der Waals surface area (Å²) in [5.74, 6) is -0.561. The first-order chi connectivity index (χ1) is 13.7. The van der Waals surface area contributed by atoms with Crippen LogP contribution in [0.15, 0.2) is 66.9 Å². The number of fused-ring (bicyclic) bond motifs is 1. The van der Waals surface area contributed by atoms with Crippen LogP contribution in [0.1, 0.15) is 17.5 Å². The SMILES string of the molecule is CS(=O)(=O)n1ccc2ccc(/C=C/C(=O)CC(=O)/C=C/c3ccc(O)cc3)cc21. The van der Waals surface area contributed by atoms with Crippen LogP contribution >= 0.6 is 0 Å². The van der Waals surface area contributed by atoms with Gasteiger partial charge in [-0.3, -0.25) is 9.59 Å². The Morgan fingerprint density at radius 2 is 1.52 bits per heavy atom. The molecule has 0 radical (unpaired) electrons. The van der Waals surface area contributed by atoms with E-state index >= 15 is 0 Å². The fourth-order valence-electron chi connectivity index (χ4n) is 2.77. The number of nitrogens with zero attached hydrogens (tertiary/aromatic N) is 1. The predicted molar refractivity (Wildman–Crippen MR) is 113 cm³/mol. The Morgan fingerprint density at radius 1 is 0.931 bits per heavy atom. The van der Waals surface area contributed by atoms with E-state index in [1.165, 1.54) is 34.5 Å². The Kier molecular flexibility index (Phi) is 5.79. The standard InChI is InChI=1S/C22H19NO5S/c1-29(27,28)23-13-12-18-7-2-17(14-22(18)23)6-11-21(26)15-20(25)10-5-16-3-8-19(24)9-4-16/h2-14,24H,15H2,1H3/b10-5+,11-6+. The van der Waals surface area contributed by atoms with Crippen LogP contribution < -0.4 is 0 Å². The highest BCUT2D eigenvalue weighted by atomic mass is 32.2. The largest absolute Gasteiger partial charge is 0.508 e. The molecule has 6 nitrogen and oxygen atoms in total. The van der Waals surface area contributed by atoms with E-state index < -0.39 is 10.0 Å². The molecule has 3 rings (SSSR count). The van der Waals surface area contributed by atoms with Gasteiger partial charge in [0.15, 0.2) is 11.6 Å². The van der Waals surface area contributed by atoms with E-state index in [-0.39, 0.29) is 23.7 Å². The molecular weight excluding hydrogens is 390 g/mol. The monoisotopic (exact) mass is 409 g/mol. The average Bonchev–Trinajstić information content (AvgIpc) is 3.09. The normalized spacial score (nSPS) is 12.2. The van der Waals surface area contributed by atoms with Gasteiger partial charge in [0.25, 0.3) is 0 Å². The van der Waals surface area contributed by atoms with Crippen molar-refractivity contribution in [3.8, 4) is 5.75 Å². The second-order valence-electron chi connectivity index (χ2n) is 6.56. The number of phenolic OH excluding ortho intramolecular Hbond substituents is 1. The van der Waals surface area contributed by atoms with E-state index in [0.717, 1.165) is 17.2 Å². The molecule has 0 amide bonds. The third-order valence-corrected chi connectivity index (χ3v) is 5.24. The van der Waals surface area contributed by atoms with Gasteiger partial charge in [-0.2, -0.15) is 0 Å². The van der Waals surface area contributed by atoms with Crippen LogP contribution in [0.4, 0.5) is 0 Å². The van der Waals surface area contributed by atoms with Crippen molar-refractivity contribution in [2.75, 3.05) is 6.26 Å². The summed E-state index contributed by atoms with van der Waals surface area (Å²) in [4.78, 5) is 24.0. The van der Waals surface area contributed by atoms with Crippen LogP contribution in [0, 0.1) is 0 Å². The second kappa shape index (κ2) is 8.28. The summed E-state index contributed by atoms with van der Waals surface area (Å²) in [5, 5.41) is 10.0. The lowest BCUT2D eigenvalue weighted by Gasteiger charge is -2.02. The van der Waals surface area contributed by atoms with Crippen LogP contribution in [-0.2, 0) is 19.6 Å². The van der Waals surface area contributed by atoms with Crippen molar-refractivity contribution in [3.05, 3.63) is 78.0 Å². The molecule has 0 unspecified atom stereocenters. The molecule has 0 aliphatic heterocycles. The summed E-state index contributed by atoms with van der Waals surface area (Å²) in [7, 11) is -3.42. The Labute approximate surface area is 168 Å². The van der Waals surface area contributed by atoms with Crippen molar-refractivity contribution in [2.24, 2.45) is 0 Å². The third-order valence-electron chi connectivity index (χ3n) is 4.20. The molecule has 1 heterocycles. The number of rotatable bonds is 7. The molecule has 0 bridgehead atoms. The van der Waals surface area contributed by atoms with Gasteiger partial charge in [-0.15, -0.1) is 0 Å². The fourth-order valence-corrected chi connectivity index (χ4v) is 3.56. The number of aromatic nitrogens is 1. The highest BCUT2D eigenvalue weighted by Crippen LogP contribution is 2.20. The zero-order valence-corrected chi connectivity index (χ0v) is 16.5. The molecule has 7 heteroatoms. The smallest absolute Gasteiger partial charge is 0.236 e. The summed E-state index contributed by atoms with van der Waals surface area (Å²) in [6.07, 6.45) is 8.09. The van der Waals surface area contributed by atoms with Gasteiger partial charge in [0.1, 0.15) is 5.75 Å². The Bertz CT molecular complexity index is 1230. The lowest BCUT2D eigenvalue weighted by Crippen LogP contribution is -2.08. The van der Waals surface area contributed by atoms with E-state index in [2.05, 4.69) is 0 Å². The average molecular weight is 409 g/mol. The van der Waals surface area contributed by atoms with Gasteiger partial charge >= 0.3 is 0 Å². The molecule has 2 aromatic carbocycles. The molecule has 0 fully saturated rings. The van der Waals surface area contributed by atoms with Gasteiger partial charge in [0, 0.05) is 11.6 Å². The van der Waals surface area contributed by atoms with Crippen molar-refractivity contribution >= 4 is 44.6 Å². The van der Waals surface area contributed by atoms with Gasteiger partial charge in [0.05, 0.1) is 18.2 Å². The van der Waals surface area contributed by atoms with E-state index in [4.69, 9.17) is 0 Å². The summed E-state index contributed by atoms with van der Waals surface area (Å²) >= 11 is 0. The number of carbonyl (C=O) groups excluding carboxylic acids is 2. The summed E-state index contributed by atoms with van der Waals surface area (Å²) in [6.45, 7) is 0. The van der Waals surface area contributed by atoms with Crippen molar-refractivity contribution in [1.82, 2.24) is 3.97 Å². The number of benzene rings is 2. The number of carbonyl (C=O) groups is 2. The summed E-state index contributed by atoms with van der Waals surface area (Å²) < 4.78 is 24.8. The van der Waals surface area contributed by atoms with Gasteiger partial charge < -0.3 is 5.11 Å². The topological polar surface area (TPSA) is 93.4 Å². The molecule has 0 atom stereocenters. The van der Waals surface area contributed by atoms with Gasteiger partial charge in [0.2, 0.25) is 10.0 Å². The molecule has 0 aliphatic carbocycles. The lowest BCUT2D eigenvalue weighted by atomic mass is 10.1. The Morgan fingerprint density at radius 3 is 2.14 bits per heavy atom. The first-order valence-electron chi connectivity index (χ1n) is 8.75. The number of phenols is 1. The number of hydrogen-bond acceptors (Lipinski definition) is 5. The van der Waals surface area contributed by atoms with Crippen molar-refractivity contribution in [2.45, 2.75) is 6.42 Å². The van der Waals surface area contributed by atoms with Crippen molar-refractivity contribution in [1.29, 1.82) is 0 Å². The molecular formula is C22H19NO5S. The Balaban J connectivity index is 1.67. The van der Waals surface area contributed by atoms with Crippen molar-refractivity contribution < 1.29 is 23.1 Å². The fraction of sp³-hybridized carbons (Fsp3) is 0.0909. The zero-order chi connectivity index (χ0) is 21.0.